The smallest absolute Gasteiger partial charge is 0.237 e. The third-order valence-corrected chi connectivity index (χ3v) is 3.20. The highest BCUT2D eigenvalue weighted by atomic mass is 16.6. The number of aliphatic hydroxyl groups is 1. The zero-order chi connectivity index (χ0) is 10.8. The van der Waals surface area contributed by atoms with E-state index < -0.39 is 6.29 Å². The van der Waals surface area contributed by atoms with Gasteiger partial charge >= 0.3 is 0 Å². The van der Waals surface area contributed by atoms with Crippen molar-refractivity contribution in [2.24, 2.45) is 0 Å². The van der Waals surface area contributed by atoms with E-state index in [-0.39, 0.29) is 18.0 Å². The molecule has 15 heavy (non-hydrogen) atoms. The molecule has 0 aromatic rings. The topological polar surface area (TPSA) is 61.8 Å². The summed E-state index contributed by atoms with van der Waals surface area (Å²) in [4.78, 5) is 13.6. The number of nitrogens with one attached hydrogen (secondary N) is 1. The van der Waals surface area contributed by atoms with Crippen LogP contribution in [0.25, 0.3) is 0 Å². The van der Waals surface area contributed by atoms with Crippen LogP contribution >= 0.6 is 0 Å². The molecule has 2 fully saturated rings. The maximum atomic E-state index is 11.5. The second kappa shape index (κ2) is 4.47. The zero-order valence-electron chi connectivity index (χ0n) is 8.98. The molecule has 2 rings (SSSR count). The maximum absolute atomic E-state index is 11.5. The fraction of sp³-hybridized carbons (Fsp3) is 0.900. The number of fused-ring (bicyclic) bond motifs is 1. The summed E-state index contributed by atoms with van der Waals surface area (Å²) in [5, 5.41) is 12.6. The Balaban J connectivity index is 2.01. The van der Waals surface area contributed by atoms with E-state index in [4.69, 9.17) is 4.74 Å². The summed E-state index contributed by atoms with van der Waals surface area (Å²) >= 11 is 0. The average molecular weight is 214 g/mol. The van der Waals surface area contributed by atoms with E-state index in [1.54, 1.807) is 0 Å². The molecule has 0 spiro atoms. The first-order chi connectivity index (χ1) is 7.24. The summed E-state index contributed by atoms with van der Waals surface area (Å²) in [6.45, 7) is 3.84. The summed E-state index contributed by atoms with van der Waals surface area (Å²) < 4.78 is 5.19. The molecule has 0 aliphatic carbocycles. The monoisotopic (exact) mass is 214 g/mol. The van der Waals surface area contributed by atoms with Crippen molar-refractivity contribution in [2.45, 2.75) is 38.1 Å². The number of hydrogen-bond donors (Lipinski definition) is 2. The summed E-state index contributed by atoms with van der Waals surface area (Å²) in [7, 11) is 0. The molecule has 0 radical (unpaired) electrons. The number of piperazine rings is 1. The van der Waals surface area contributed by atoms with Gasteiger partial charge in [0.2, 0.25) is 5.91 Å². The molecule has 0 aromatic heterocycles. The quantitative estimate of drug-likeness (QED) is 0.610. The van der Waals surface area contributed by atoms with Gasteiger partial charge in [-0.25, -0.2) is 0 Å². The number of hydrogen-bond acceptors (Lipinski definition) is 4. The molecule has 0 aromatic carbocycles. The molecule has 3 atom stereocenters. The Morgan fingerprint density at radius 1 is 1.67 bits per heavy atom. The van der Waals surface area contributed by atoms with E-state index in [1.807, 2.05) is 6.92 Å². The molecule has 0 saturated carbocycles. The molecule has 2 N–H and O–H groups in total. The van der Waals surface area contributed by atoms with Crippen LogP contribution in [-0.2, 0) is 9.53 Å². The van der Waals surface area contributed by atoms with Gasteiger partial charge in [-0.3, -0.25) is 9.69 Å². The van der Waals surface area contributed by atoms with Crippen LogP contribution in [0.15, 0.2) is 0 Å². The predicted molar refractivity (Wildman–Crippen MR) is 54.2 cm³/mol. The Kier molecular flexibility index (Phi) is 3.23. The van der Waals surface area contributed by atoms with Crippen LogP contribution in [-0.4, -0.2) is 54.0 Å². The number of carbonyl (C=O) groups excluding carboxylic acids is 1. The highest BCUT2D eigenvalue weighted by molar-refractivity contribution is 5.82. The zero-order valence-corrected chi connectivity index (χ0v) is 8.98. The summed E-state index contributed by atoms with van der Waals surface area (Å²) in [6, 6.07) is -0.0696. The number of carbonyl (C=O) groups is 1. The van der Waals surface area contributed by atoms with Gasteiger partial charge in [0.1, 0.15) is 0 Å². The van der Waals surface area contributed by atoms with Crippen LogP contribution < -0.4 is 5.32 Å². The fourth-order valence-corrected chi connectivity index (χ4v) is 2.51. The van der Waals surface area contributed by atoms with Crippen molar-refractivity contribution >= 4 is 5.91 Å². The van der Waals surface area contributed by atoms with E-state index in [0.717, 1.165) is 19.4 Å². The van der Waals surface area contributed by atoms with Gasteiger partial charge in [-0.05, 0) is 19.8 Å². The third kappa shape index (κ3) is 2.00. The summed E-state index contributed by atoms with van der Waals surface area (Å²) in [5.74, 6) is 0.0902. The fourth-order valence-electron chi connectivity index (χ4n) is 2.51. The van der Waals surface area contributed by atoms with E-state index in [0.29, 0.717) is 13.2 Å². The van der Waals surface area contributed by atoms with Crippen molar-refractivity contribution in [1.82, 2.24) is 10.2 Å². The van der Waals surface area contributed by atoms with Gasteiger partial charge < -0.3 is 15.2 Å². The van der Waals surface area contributed by atoms with Gasteiger partial charge in [-0.2, -0.15) is 0 Å². The third-order valence-electron chi connectivity index (χ3n) is 3.20. The number of amides is 1. The lowest BCUT2D eigenvalue weighted by molar-refractivity contribution is -0.146. The van der Waals surface area contributed by atoms with Crippen molar-refractivity contribution in [3.05, 3.63) is 0 Å². The SMILES string of the molecule is CCOC(O)C1CCC2C(=O)NCCN21. The molecular formula is C10H18N2O3. The minimum Gasteiger partial charge on any atom is -0.367 e. The van der Waals surface area contributed by atoms with E-state index >= 15 is 0 Å². The van der Waals surface area contributed by atoms with Gasteiger partial charge in [0, 0.05) is 19.7 Å². The van der Waals surface area contributed by atoms with E-state index in [2.05, 4.69) is 10.2 Å². The lowest BCUT2D eigenvalue weighted by Gasteiger charge is -2.35. The van der Waals surface area contributed by atoms with Crippen LogP contribution in [0.4, 0.5) is 0 Å². The van der Waals surface area contributed by atoms with Crippen LogP contribution in [0.2, 0.25) is 0 Å². The summed E-state index contributed by atoms with van der Waals surface area (Å²) in [5.41, 5.74) is 0. The second-order valence-corrected chi connectivity index (χ2v) is 4.04. The number of nitrogens with zero attached hydrogens (tertiary/aromatic N) is 1. The first kappa shape index (κ1) is 10.9. The number of rotatable bonds is 3. The highest BCUT2D eigenvalue weighted by Gasteiger charge is 2.42. The van der Waals surface area contributed by atoms with Crippen LogP contribution in [0, 0.1) is 0 Å². The Labute approximate surface area is 89.4 Å². The molecule has 5 nitrogen and oxygen atoms in total. The van der Waals surface area contributed by atoms with Gasteiger partial charge in [0.05, 0.1) is 12.1 Å². The number of aliphatic hydroxyl groups excluding tert-OH is 1. The minimum atomic E-state index is -0.758. The molecule has 0 bridgehead atoms. The Bertz CT molecular complexity index is 247. The van der Waals surface area contributed by atoms with Crippen molar-refractivity contribution in [1.29, 1.82) is 0 Å². The largest absolute Gasteiger partial charge is 0.367 e. The molecule has 2 aliphatic rings. The van der Waals surface area contributed by atoms with Crippen molar-refractivity contribution < 1.29 is 14.6 Å². The molecule has 1 amide bonds. The van der Waals surface area contributed by atoms with Gasteiger partial charge in [0.15, 0.2) is 6.29 Å². The number of ether oxygens (including phenoxy) is 1. The molecule has 2 heterocycles. The Morgan fingerprint density at radius 3 is 3.20 bits per heavy atom. The van der Waals surface area contributed by atoms with Gasteiger partial charge in [-0.15, -0.1) is 0 Å². The van der Waals surface area contributed by atoms with Crippen molar-refractivity contribution in [3.63, 3.8) is 0 Å². The normalized spacial score (nSPS) is 33.6. The highest BCUT2D eigenvalue weighted by Crippen LogP contribution is 2.28. The van der Waals surface area contributed by atoms with Crippen molar-refractivity contribution in [3.8, 4) is 0 Å². The first-order valence-electron chi connectivity index (χ1n) is 5.57. The molecular weight excluding hydrogens is 196 g/mol. The van der Waals surface area contributed by atoms with Crippen LogP contribution in [0.3, 0.4) is 0 Å². The molecule has 3 unspecified atom stereocenters. The maximum Gasteiger partial charge on any atom is 0.237 e. The Morgan fingerprint density at radius 2 is 2.47 bits per heavy atom. The minimum absolute atomic E-state index is 0.0130. The molecule has 86 valence electrons. The molecule has 2 aliphatic heterocycles. The van der Waals surface area contributed by atoms with E-state index in [9.17, 15) is 9.90 Å². The van der Waals surface area contributed by atoms with E-state index in [1.165, 1.54) is 0 Å². The van der Waals surface area contributed by atoms with Gasteiger partial charge in [0.25, 0.3) is 0 Å². The van der Waals surface area contributed by atoms with Gasteiger partial charge in [-0.1, -0.05) is 0 Å². The van der Waals surface area contributed by atoms with Crippen LogP contribution in [0.5, 0.6) is 0 Å². The van der Waals surface area contributed by atoms with Crippen LogP contribution in [0.1, 0.15) is 19.8 Å². The van der Waals surface area contributed by atoms with Crippen molar-refractivity contribution in [2.75, 3.05) is 19.7 Å². The summed E-state index contributed by atoms with van der Waals surface area (Å²) in [6.07, 6.45) is 0.894. The molecule has 2 saturated heterocycles. The lowest BCUT2D eigenvalue weighted by atomic mass is 10.2. The molecule has 5 heteroatoms. The second-order valence-electron chi connectivity index (χ2n) is 4.04. The predicted octanol–water partition coefficient (Wildman–Crippen LogP) is -0.696. The average Bonchev–Trinajstić information content (AvgIpc) is 2.63. The standard InChI is InChI=1S/C10H18N2O3/c1-2-15-10(14)8-4-3-7-9(13)11-5-6-12(7)8/h7-8,10,14H,2-6H2,1H3,(H,11,13). The first-order valence-corrected chi connectivity index (χ1v) is 5.57. The Hall–Kier alpha value is -0.650. The lowest BCUT2D eigenvalue weighted by Crippen LogP contribution is -2.56.